The second kappa shape index (κ2) is 4.26. The van der Waals surface area contributed by atoms with Gasteiger partial charge in [-0.3, -0.25) is 5.32 Å². The summed E-state index contributed by atoms with van der Waals surface area (Å²) < 4.78 is 0. The fraction of sp³-hybridized carbons (Fsp3) is 0.333. The van der Waals surface area contributed by atoms with Gasteiger partial charge in [0.05, 0.1) is 5.97 Å². The Morgan fingerprint density at radius 3 is 2.50 bits per heavy atom. The van der Waals surface area contributed by atoms with Crippen molar-refractivity contribution in [2.45, 2.75) is 6.17 Å². The quantitative estimate of drug-likeness (QED) is 0.383. The van der Waals surface area contributed by atoms with Gasteiger partial charge < -0.3 is 14.7 Å². The summed E-state index contributed by atoms with van der Waals surface area (Å²) in [6, 6.07) is 0. The second-order valence-electron chi connectivity index (χ2n) is 1.40. The van der Waals surface area contributed by atoms with Gasteiger partial charge in [0.15, 0.2) is 6.17 Å². The van der Waals surface area contributed by atoms with Crippen LogP contribution in [0.4, 0.5) is 4.79 Å². The van der Waals surface area contributed by atoms with Gasteiger partial charge in [-0.05, 0) is 0 Å². The summed E-state index contributed by atoms with van der Waals surface area (Å²) in [6.45, 7) is 0. The molecular weight excluding hydrogens is 167 g/mol. The Hall–Kier alpha value is 0.336. The maximum atomic E-state index is 10.1. The largest absolute Gasteiger partial charge is 1.00 e. The Morgan fingerprint density at radius 1 is 1.70 bits per heavy atom. The van der Waals surface area contributed by atoms with Crippen LogP contribution >= 0.6 is 0 Å². The van der Waals surface area contributed by atoms with Crippen molar-refractivity contribution in [3.63, 3.8) is 0 Å². The minimum Gasteiger partial charge on any atom is -0.546 e. The van der Waals surface area contributed by atoms with Gasteiger partial charge in [0, 0.05) is 0 Å². The maximum Gasteiger partial charge on any atom is 1.00 e. The van der Waals surface area contributed by atoms with Crippen molar-refractivity contribution < 1.29 is 70.9 Å². The van der Waals surface area contributed by atoms with Gasteiger partial charge in [0.1, 0.15) is 0 Å². The molecule has 1 amide bonds. The normalized spacial score (nSPS) is 22.4. The van der Waals surface area contributed by atoms with Crippen LogP contribution in [0.25, 0.3) is 0 Å². The Morgan fingerprint density at radius 2 is 2.30 bits per heavy atom. The summed E-state index contributed by atoms with van der Waals surface area (Å²) in [5.41, 5.74) is 1.88. The fourth-order valence-corrected chi connectivity index (χ4v) is 0.396. The molecule has 1 unspecified atom stereocenters. The molecule has 10 heavy (non-hydrogen) atoms. The smallest absolute Gasteiger partial charge is 0.546 e. The molecule has 7 heteroatoms. The van der Waals surface area contributed by atoms with Crippen LogP contribution < -0.4 is 67.3 Å². The summed E-state index contributed by atoms with van der Waals surface area (Å²) in [5, 5.41) is 11.8. The van der Waals surface area contributed by atoms with Crippen LogP contribution in [0.5, 0.6) is 0 Å². The number of rotatable bonds is 1. The number of nitrogens with one attached hydrogen (secondary N) is 2. The van der Waals surface area contributed by atoms with Crippen molar-refractivity contribution in [2.24, 2.45) is 0 Å². The van der Waals surface area contributed by atoms with Gasteiger partial charge in [-0.1, -0.05) is 0 Å². The average molecular weight is 170 g/mol. The molecule has 0 aromatic heterocycles. The molecule has 1 atom stereocenters. The molecule has 0 radical (unpaired) electrons. The molecule has 1 heterocycles. The van der Waals surface area contributed by atoms with Crippen molar-refractivity contribution >= 4 is 12.1 Å². The van der Waals surface area contributed by atoms with E-state index in [1.54, 1.807) is 0 Å². The van der Waals surface area contributed by atoms with E-state index in [-0.39, 0.29) is 51.4 Å². The third-order valence-electron chi connectivity index (χ3n) is 0.767. The summed E-state index contributed by atoms with van der Waals surface area (Å²) in [5.74, 6) is -1.43. The van der Waals surface area contributed by atoms with E-state index in [2.05, 4.69) is 4.84 Å². The molecule has 1 fully saturated rings. The van der Waals surface area contributed by atoms with Crippen LogP contribution in [-0.2, 0) is 9.63 Å². The van der Waals surface area contributed by atoms with Crippen molar-refractivity contribution in [2.75, 3.05) is 0 Å². The maximum absolute atomic E-state index is 10.1. The monoisotopic (exact) mass is 170 g/mol. The van der Waals surface area contributed by atoms with E-state index in [0.717, 1.165) is 0 Å². The van der Waals surface area contributed by atoms with Gasteiger partial charge in [0.25, 0.3) is 0 Å². The van der Waals surface area contributed by atoms with E-state index in [9.17, 15) is 14.7 Å². The molecule has 0 spiro atoms. The molecule has 0 aliphatic carbocycles. The predicted octanol–water partition coefficient (Wildman–Crippen LogP) is -5.69. The van der Waals surface area contributed by atoms with Crippen molar-refractivity contribution in [1.29, 1.82) is 0 Å². The molecule has 50 valence electrons. The third kappa shape index (κ3) is 2.52. The van der Waals surface area contributed by atoms with E-state index in [0.29, 0.717) is 0 Å². The first-order chi connectivity index (χ1) is 4.20. The van der Waals surface area contributed by atoms with Gasteiger partial charge >= 0.3 is 57.5 Å². The average Bonchev–Trinajstić information content (AvgIpc) is 2.14. The summed E-state index contributed by atoms with van der Waals surface area (Å²) in [7, 11) is 0. The number of carbonyl (C=O) groups is 2. The van der Waals surface area contributed by atoms with E-state index >= 15 is 0 Å². The number of aliphatic carboxylic acids is 1. The molecule has 1 rings (SSSR count). The first-order valence-corrected chi connectivity index (χ1v) is 2.14. The molecular formula is C3H3KN2O4. The van der Waals surface area contributed by atoms with Crippen LogP contribution in [0.3, 0.4) is 0 Å². The fourth-order valence-electron chi connectivity index (χ4n) is 0.396. The first kappa shape index (κ1) is 10.3. The van der Waals surface area contributed by atoms with Gasteiger partial charge in [-0.25, -0.2) is 4.79 Å². The molecule has 0 aromatic rings. The molecule has 1 aliphatic heterocycles. The van der Waals surface area contributed by atoms with Crippen molar-refractivity contribution in [3.05, 3.63) is 0 Å². The molecule has 1 aliphatic rings. The topological polar surface area (TPSA) is 90.5 Å². The molecule has 1 saturated heterocycles. The van der Waals surface area contributed by atoms with Crippen LogP contribution in [0.1, 0.15) is 0 Å². The Balaban J connectivity index is 0.000000810. The number of carboxylic acids is 1. The molecule has 6 nitrogen and oxygen atoms in total. The summed E-state index contributed by atoms with van der Waals surface area (Å²) in [4.78, 5) is 24.0. The number of amides is 1. The first-order valence-electron chi connectivity index (χ1n) is 2.14. The minimum absolute atomic E-state index is 0. The number of hydrogen-bond donors (Lipinski definition) is 2. The van der Waals surface area contributed by atoms with E-state index in [4.69, 9.17) is 0 Å². The predicted molar refractivity (Wildman–Crippen MR) is 21.5 cm³/mol. The zero-order valence-corrected chi connectivity index (χ0v) is 8.33. The van der Waals surface area contributed by atoms with Gasteiger partial charge in [0.2, 0.25) is 0 Å². The Kier molecular flexibility index (Phi) is 4.41. The molecule has 2 N–H and O–H groups in total. The number of carbonyl (C=O) groups excluding carboxylic acids is 2. The molecule has 0 bridgehead atoms. The van der Waals surface area contributed by atoms with Crippen LogP contribution in [-0.4, -0.2) is 18.2 Å². The zero-order chi connectivity index (χ0) is 6.85. The van der Waals surface area contributed by atoms with Crippen molar-refractivity contribution in [1.82, 2.24) is 10.8 Å². The van der Waals surface area contributed by atoms with Gasteiger partial charge in [-0.15, -0.1) is 5.48 Å². The van der Waals surface area contributed by atoms with E-state index in [1.165, 1.54) is 0 Å². The SMILES string of the molecule is O=C1NC(C(=O)[O-])NO1.[K+]. The number of hydrogen-bond acceptors (Lipinski definition) is 5. The minimum atomic E-state index is -1.43. The standard InChI is InChI=1S/C3H4N2O4.K/c6-2(7)1-4-3(8)9-5-1;/h1,5H,(H,4,8)(H,6,7);/q;+1/p-1. The van der Waals surface area contributed by atoms with Gasteiger partial charge in [-0.2, -0.15) is 0 Å². The summed E-state index contributed by atoms with van der Waals surface area (Å²) in [6.07, 6.45) is -2.04. The second-order valence-corrected chi connectivity index (χ2v) is 1.40. The zero-order valence-electron chi connectivity index (χ0n) is 5.21. The summed E-state index contributed by atoms with van der Waals surface area (Å²) >= 11 is 0. The van der Waals surface area contributed by atoms with E-state index < -0.39 is 18.2 Å². The number of hydroxylamine groups is 1. The van der Waals surface area contributed by atoms with Crippen LogP contribution in [0, 0.1) is 0 Å². The van der Waals surface area contributed by atoms with Crippen LogP contribution in [0.2, 0.25) is 0 Å². The number of carboxylic acid groups (broad SMARTS) is 1. The molecule has 0 saturated carbocycles. The Bertz CT molecular complexity index is 161. The molecule has 0 aromatic carbocycles. The Labute approximate surface area is 98.7 Å². The third-order valence-corrected chi connectivity index (χ3v) is 0.767. The van der Waals surface area contributed by atoms with E-state index in [1.807, 2.05) is 10.8 Å². The van der Waals surface area contributed by atoms with Crippen LogP contribution in [0.15, 0.2) is 0 Å². The van der Waals surface area contributed by atoms with Crippen molar-refractivity contribution in [3.8, 4) is 0 Å².